The first-order valence-electron chi connectivity index (χ1n) is 5.64. The maximum atomic E-state index is 12.0. The summed E-state index contributed by atoms with van der Waals surface area (Å²) in [6.07, 6.45) is 4.36. The van der Waals surface area contributed by atoms with Crippen molar-refractivity contribution >= 4 is 21.6 Å². The Morgan fingerprint density at radius 1 is 1.59 bits per heavy atom. The van der Waals surface area contributed by atoms with E-state index in [-0.39, 0.29) is 16.2 Å². The average molecular weight is 278 g/mol. The van der Waals surface area contributed by atoms with Gasteiger partial charge in [0.2, 0.25) is 10.0 Å². The second kappa shape index (κ2) is 4.96. The van der Waals surface area contributed by atoms with Crippen molar-refractivity contribution in [1.29, 1.82) is 0 Å². The number of rotatable bonds is 4. The van der Waals surface area contributed by atoms with Gasteiger partial charge in [0.1, 0.15) is 4.90 Å². The molecular formula is C10H16ClN3O2S. The Bertz CT molecular complexity index is 485. The lowest BCUT2D eigenvalue weighted by atomic mass is 10.1. The van der Waals surface area contributed by atoms with Gasteiger partial charge in [-0.2, -0.15) is 5.10 Å². The van der Waals surface area contributed by atoms with Crippen molar-refractivity contribution in [3.63, 3.8) is 0 Å². The zero-order chi connectivity index (χ0) is 12.5. The molecule has 0 saturated heterocycles. The number of hydrogen-bond donors (Lipinski definition) is 2. The first-order chi connectivity index (χ1) is 8.00. The summed E-state index contributed by atoms with van der Waals surface area (Å²) in [5.41, 5.74) is 0.548. The lowest BCUT2D eigenvalue weighted by molar-refractivity contribution is 0.523. The molecule has 2 atom stereocenters. The molecule has 1 aromatic rings. The minimum atomic E-state index is -3.46. The highest BCUT2D eigenvalue weighted by Crippen LogP contribution is 2.29. The minimum absolute atomic E-state index is 0.0862. The second-order valence-electron chi connectivity index (χ2n) is 4.42. The molecule has 0 amide bonds. The number of aryl methyl sites for hydroxylation is 1. The van der Waals surface area contributed by atoms with Gasteiger partial charge in [-0.1, -0.05) is 6.42 Å². The Balaban J connectivity index is 2.01. The van der Waals surface area contributed by atoms with Crippen molar-refractivity contribution < 1.29 is 8.42 Å². The molecule has 2 rings (SSSR count). The third kappa shape index (κ3) is 2.81. The summed E-state index contributed by atoms with van der Waals surface area (Å²) < 4.78 is 26.5. The lowest BCUT2D eigenvalue weighted by Gasteiger charge is -2.14. The summed E-state index contributed by atoms with van der Waals surface area (Å²) in [7, 11) is -3.46. The van der Waals surface area contributed by atoms with E-state index in [2.05, 4.69) is 14.9 Å². The topological polar surface area (TPSA) is 74.8 Å². The van der Waals surface area contributed by atoms with Crippen molar-refractivity contribution in [2.75, 3.05) is 6.54 Å². The molecule has 7 heteroatoms. The van der Waals surface area contributed by atoms with Crippen LogP contribution in [0.25, 0.3) is 0 Å². The van der Waals surface area contributed by atoms with E-state index in [1.54, 1.807) is 6.92 Å². The van der Waals surface area contributed by atoms with E-state index in [1.165, 1.54) is 6.20 Å². The monoisotopic (exact) mass is 277 g/mol. The molecule has 0 radical (unpaired) electrons. The number of hydrogen-bond acceptors (Lipinski definition) is 3. The summed E-state index contributed by atoms with van der Waals surface area (Å²) in [5.74, 6) is 0.235. The van der Waals surface area contributed by atoms with E-state index in [9.17, 15) is 8.42 Å². The third-order valence-corrected chi connectivity index (χ3v) is 5.29. The number of sulfonamides is 1. The largest absolute Gasteiger partial charge is 0.281 e. The molecule has 1 aliphatic rings. The number of nitrogens with zero attached hydrogens (tertiary/aromatic N) is 1. The van der Waals surface area contributed by atoms with Crippen LogP contribution in [0.2, 0.25) is 0 Å². The number of alkyl halides is 1. The summed E-state index contributed by atoms with van der Waals surface area (Å²) >= 11 is 6.11. The van der Waals surface area contributed by atoms with Crippen LogP contribution in [0.4, 0.5) is 0 Å². The Labute approximate surface area is 106 Å². The van der Waals surface area contributed by atoms with Crippen LogP contribution in [0.15, 0.2) is 11.1 Å². The summed E-state index contributed by atoms with van der Waals surface area (Å²) in [6, 6.07) is 0. The van der Waals surface area contributed by atoms with Crippen molar-refractivity contribution in [3.05, 3.63) is 11.9 Å². The third-order valence-electron chi connectivity index (χ3n) is 3.18. The molecular weight excluding hydrogens is 262 g/mol. The predicted molar refractivity (Wildman–Crippen MR) is 65.5 cm³/mol. The van der Waals surface area contributed by atoms with Crippen LogP contribution in [-0.2, 0) is 10.0 Å². The first kappa shape index (κ1) is 12.9. The molecule has 0 aliphatic heterocycles. The van der Waals surface area contributed by atoms with E-state index in [0.29, 0.717) is 12.2 Å². The Morgan fingerprint density at radius 3 is 2.88 bits per heavy atom. The van der Waals surface area contributed by atoms with E-state index in [4.69, 9.17) is 11.6 Å². The number of H-pyrrole nitrogens is 1. The van der Waals surface area contributed by atoms with Gasteiger partial charge in [0.05, 0.1) is 11.9 Å². The van der Waals surface area contributed by atoms with Crippen LogP contribution in [0.3, 0.4) is 0 Å². The highest BCUT2D eigenvalue weighted by atomic mass is 35.5. The van der Waals surface area contributed by atoms with Gasteiger partial charge in [-0.15, -0.1) is 11.6 Å². The highest BCUT2D eigenvalue weighted by Gasteiger charge is 2.27. The Kier molecular flexibility index (Phi) is 3.75. The van der Waals surface area contributed by atoms with Gasteiger partial charge in [-0.3, -0.25) is 5.10 Å². The smallest absolute Gasteiger partial charge is 0.243 e. The highest BCUT2D eigenvalue weighted by molar-refractivity contribution is 7.89. The predicted octanol–water partition coefficient (Wildman–Crippen LogP) is 1.40. The van der Waals surface area contributed by atoms with Crippen molar-refractivity contribution in [3.8, 4) is 0 Å². The first-order valence-corrected chi connectivity index (χ1v) is 7.56. The number of aromatic amines is 1. The zero-order valence-electron chi connectivity index (χ0n) is 9.61. The maximum absolute atomic E-state index is 12.0. The van der Waals surface area contributed by atoms with E-state index < -0.39 is 10.0 Å². The molecule has 5 nitrogen and oxygen atoms in total. The summed E-state index contributed by atoms with van der Waals surface area (Å²) in [5, 5.41) is 6.41. The van der Waals surface area contributed by atoms with Gasteiger partial charge in [0.15, 0.2) is 0 Å². The molecule has 1 saturated carbocycles. The van der Waals surface area contributed by atoms with Crippen molar-refractivity contribution in [2.24, 2.45) is 5.92 Å². The van der Waals surface area contributed by atoms with E-state index >= 15 is 0 Å². The molecule has 1 aliphatic carbocycles. The second-order valence-corrected chi connectivity index (χ2v) is 6.71. The van der Waals surface area contributed by atoms with Crippen LogP contribution in [0, 0.1) is 12.8 Å². The Morgan fingerprint density at radius 2 is 2.35 bits per heavy atom. The van der Waals surface area contributed by atoms with Crippen LogP contribution < -0.4 is 4.72 Å². The van der Waals surface area contributed by atoms with Crippen molar-refractivity contribution in [2.45, 2.75) is 36.5 Å². The van der Waals surface area contributed by atoms with Crippen LogP contribution in [-0.4, -0.2) is 30.5 Å². The minimum Gasteiger partial charge on any atom is -0.281 e. The van der Waals surface area contributed by atoms with Crippen LogP contribution in [0.5, 0.6) is 0 Å². The quantitative estimate of drug-likeness (QED) is 0.817. The summed E-state index contributed by atoms with van der Waals surface area (Å²) in [6.45, 7) is 2.09. The van der Waals surface area contributed by atoms with E-state index in [1.807, 2.05) is 0 Å². The van der Waals surface area contributed by atoms with Crippen molar-refractivity contribution in [1.82, 2.24) is 14.9 Å². The molecule has 0 bridgehead atoms. The van der Waals surface area contributed by atoms with Gasteiger partial charge in [0.25, 0.3) is 0 Å². The standard InChI is InChI=1S/C10H16ClN3O2S/c1-7-10(6-12-14-7)17(15,16)13-5-8-3-2-4-9(8)11/h6,8-9,13H,2-5H2,1H3,(H,12,14). The molecule has 2 unspecified atom stereocenters. The van der Waals surface area contributed by atoms with E-state index in [0.717, 1.165) is 19.3 Å². The van der Waals surface area contributed by atoms with Gasteiger partial charge in [-0.05, 0) is 25.7 Å². The zero-order valence-corrected chi connectivity index (χ0v) is 11.2. The van der Waals surface area contributed by atoms with Gasteiger partial charge >= 0.3 is 0 Å². The molecule has 1 aromatic heterocycles. The molecule has 17 heavy (non-hydrogen) atoms. The molecule has 0 aromatic carbocycles. The van der Waals surface area contributed by atoms with Gasteiger partial charge in [0, 0.05) is 11.9 Å². The molecule has 1 heterocycles. The van der Waals surface area contributed by atoms with Crippen LogP contribution in [0.1, 0.15) is 25.0 Å². The fourth-order valence-corrected chi connectivity index (χ4v) is 3.73. The SMILES string of the molecule is Cc1[nH]ncc1S(=O)(=O)NCC1CCCC1Cl. The van der Waals surface area contributed by atoms with Gasteiger partial charge in [-0.25, -0.2) is 13.1 Å². The number of halogens is 1. The average Bonchev–Trinajstić information content (AvgIpc) is 2.85. The lowest BCUT2D eigenvalue weighted by Crippen LogP contribution is -2.31. The normalized spacial score (nSPS) is 25.3. The molecule has 1 fully saturated rings. The fraction of sp³-hybridized carbons (Fsp3) is 0.700. The summed E-state index contributed by atoms with van der Waals surface area (Å²) in [4.78, 5) is 0.210. The fourth-order valence-electron chi connectivity index (χ4n) is 2.13. The van der Waals surface area contributed by atoms with Gasteiger partial charge < -0.3 is 0 Å². The molecule has 96 valence electrons. The maximum Gasteiger partial charge on any atom is 0.243 e. The number of aromatic nitrogens is 2. The Hall–Kier alpha value is -0.590. The molecule has 2 N–H and O–H groups in total. The van der Waals surface area contributed by atoms with Crippen LogP contribution >= 0.6 is 11.6 Å². The number of nitrogens with one attached hydrogen (secondary N) is 2. The molecule has 0 spiro atoms.